The smallest absolute Gasteiger partial charge is 0.237 e. The van der Waals surface area contributed by atoms with Gasteiger partial charge in [-0.25, -0.2) is 4.98 Å². The van der Waals surface area contributed by atoms with E-state index < -0.39 is 24.2 Å². The van der Waals surface area contributed by atoms with Crippen molar-refractivity contribution in [3.8, 4) is 0 Å². The van der Waals surface area contributed by atoms with Gasteiger partial charge in [-0.15, -0.1) is 0 Å². The fraction of sp³-hybridized carbons (Fsp3) is 0.444. The average Bonchev–Trinajstić information content (AvgIpc) is 3.49. The van der Waals surface area contributed by atoms with Gasteiger partial charge in [-0.1, -0.05) is 30.3 Å². The lowest BCUT2D eigenvalue weighted by molar-refractivity contribution is -0.125. The largest absolute Gasteiger partial charge is 0.438 e. The van der Waals surface area contributed by atoms with Crippen molar-refractivity contribution < 1.29 is 19.1 Å². The monoisotopic (exact) mass is 493 g/mol. The van der Waals surface area contributed by atoms with E-state index in [9.17, 15) is 14.7 Å². The van der Waals surface area contributed by atoms with Gasteiger partial charge < -0.3 is 31.2 Å². The number of hydrogen-bond acceptors (Lipinski definition) is 7. The highest BCUT2D eigenvalue weighted by Crippen LogP contribution is 2.26. The number of hydrogen-bond donors (Lipinski definition) is 5. The number of carbonyl (C=O) groups is 2. The number of nitrogens with two attached hydrogens (primary N) is 1. The molecule has 0 spiro atoms. The Labute approximate surface area is 210 Å². The third-order valence-electron chi connectivity index (χ3n) is 6.78. The quantitative estimate of drug-likeness (QED) is 0.306. The zero-order valence-corrected chi connectivity index (χ0v) is 21.0. The number of nitrogens with zero attached hydrogens (tertiary/aromatic N) is 1. The van der Waals surface area contributed by atoms with Crippen LogP contribution in [0.4, 0.5) is 0 Å². The van der Waals surface area contributed by atoms with Crippen molar-refractivity contribution in [3.05, 3.63) is 65.0 Å². The van der Waals surface area contributed by atoms with E-state index >= 15 is 0 Å². The molecular formula is C27H35N5O4. The van der Waals surface area contributed by atoms with Crippen LogP contribution in [0, 0.1) is 13.8 Å². The molecule has 9 heteroatoms. The zero-order valence-electron chi connectivity index (χ0n) is 21.0. The second-order valence-corrected chi connectivity index (χ2v) is 9.73. The summed E-state index contributed by atoms with van der Waals surface area (Å²) in [5.41, 5.74) is 10.2. The van der Waals surface area contributed by atoms with E-state index in [2.05, 4.69) is 20.9 Å². The first-order valence-electron chi connectivity index (χ1n) is 12.4. The number of nitrogens with one attached hydrogen (secondary N) is 3. The van der Waals surface area contributed by atoms with E-state index in [1.807, 2.05) is 56.3 Å². The molecule has 36 heavy (non-hydrogen) atoms. The summed E-state index contributed by atoms with van der Waals surface area (Å²) in [6.45, 7) is 6.09. The number of aliphatic hydroxyl groups excluding tert-OH is 1. The summed E-state index contributed by atoms with van der Waals surface area (Å²) in [4.78, 5) is 29.6. The van der Waals surface area contributed by atoms with Crippen LogP contribution in [0.25, 0.3) is 11.1 Å². The topological polar surface area (TPSA) is 143 Å². The van der Waals surface area contributed by atoms with E-state index in [0.29, 0.717) is 36.9 Å². The second kappa shape index (κ2) is 11.2. The number of benzene rings is 2. The summed E-state index contributed by atoms with van der Waals surface area (Å²) in [5, 5.41) is 20.3. The van der Waals surface area contributed by atoms with E-state index in [1.54, 1.807) is 6.92 Å². The van der Waals surface area contributed by atoms with Crippen LogP contribution < -0.4 is 21.7 Å². The van der Waals surface area contributed by atoms with Gasteiger partial charge in [-0.3, -0.25) is 9.59 Å². The molecule has 192 valence electrons. The maximum absolute atomic E-state index is 13.2. The van der Waals surface area contributed by atoms with Crippen molar-refractivity contribution in [2.45, 2.75) is 70.3 Å². The van der Waals surface area contributed by atoms with E-state index in [4.69, 9.17) is 10.2 Å². The molecule has 4 rings (SSSR count). The lowest BCUT2D eigenvalue weighted by Gasteiger charge is -2.24. The second-order valence-electron chi connectivity index (χ2n) is 9.73. The molecule has 5 atom stereocenters. The van der Waals surface area contributed by atoms with Crippen molar-refractivity contribution in [3.63, 3.8) is 0 Å². The first-order chi connectivity index (χ1) is 17.2. The maximum atomic E-state index is 13.2. The summed E-state index contributed by atoms with van der Waals surface area (Å²) < 4.78 is 5.90. The van der Waals surface area contributed by atoms with Crippen molar-refractivity contribution >= 4 is 22.9 Å². The van der Waals surface area contributed by atoms with E-state index in [-0.39, 0.29) is 23.7 Å². The molecule has 1 aliphatic heterocycles. The van der Waals surface area contributed by atoms with Crippen LogP contribution in [-0.2, 0) is 16.0 Å². The van der Waals surface area contributed by atoms with Gasteiger partial charge in [0.15, 0.2) is 11.7 Å². The Hall–Kier alpha value is -3.27. The molecule has 6 N–H and O–H groups in total. The SMILES string of the molecule is Cc1cc2nc(C(O)C(CCc3ccccc3)NC(=O)[C@@H]3C[C@H](NC(=O)C(C)N)CN3)oc2cc1C. The van der Waals surface area contributed by atoms with E-state index in [0.717, 1.165) is 16.7 Å². The van der Waals surface area contributed by atoms with Gasteiger partial charge in [0, 0.05) is 12.6 Å². The number of oxazole rings is 1. The Kier molecular flexibility index (Phi) is 8.03. The van der Waals surface area contributed by atoms with Gasteiger partial charge in [0.1, 0.15) is 5.52 Å². The molecule has 1 aliphatic rings. The molecule has 3 unspecified atom stereocenters. The summed E-state index contributed by atoms with van der Waals surface area (Å²) in [6, 6.07) is 11.8. The van der Waals surface area contributed by atoms with Crippen LogP contribution in [0.1, 0.15) is 48.5 Å². The maximum Gasteiger partial charge on any atom is 0.237 e. The highest BCUT2D eigenvalue weighted by Gasteiger charge is 2.34. The van der Waals surface area contributed by atoms with Crippen LogP contribution >= 0.6 is 0 Å². The minimum Gasteiger partial charge on any atom is -0.438 e. The summed E-state index contributed by atoms with van der Waals surface area (Å²) in [6.07, 6.45) is 0.464. The van der Waals surface area contributed by atoms with Crippen LogP contribution in [0.5, 0.6) is 0 Å². The molecule has 9 nitrogen and oxygen atoms in total. The van der Waals surface area contributed by atoms with Crippen LogP contribution in [0.3, 0.4) is 0 Å². The fourth-order valence-corrected chi connectivity index (χ4v) is 4.43. The Bertz CT molecular complexity index is 1170. The Balaban J connectivity index is 1.48. The molecule has 2 amide bonds. The van der Waals surface area contributed by atoms with Gasteiger partial charge in [0.05, 0.1) is 18.1 Å². The molecular weight excluding hydrogens is 458 g/mol. The third-order valence-corrected chi connectivity index (χ3v) is 6.78. The molecule has 3 aromatic rings. The fourth-order valence-electron chi connectivity index (χ4n) is 4.43. The number of carbonyl (C=O) groups excluding carboxylic acids is 2. The Morgan fingerprint density at radius 1 is 1.22 bits per heavy atom. The predicted octanol–water partition coefficient (Wildman–Crippen LogP) is 1.79. The highest BCUT2D eigenvalue weighted by molar-refractivity contribution is 5.84. The van der Waals surface area contributed by atoms with Gasteiger partial charge in [-0.05, 0) is 68.9 Å². The number of fused-ring (bicyclic) bond motifs is 1. The normalized spacial score (nSPS) is 20.1. The van der Waals surface area contributed by atoms with Crippen molar-refractivity contribution in [2.24, 2.45) is 5.73 Å². The lowest BCUT2D eigenvalue weighted by Crippen LogP contribution is -2.47. The van der Waals surface area contributed by atoms with Crippen molar-refractivity contribution in [2.75, 3.05) is 6.54 Å². The van der Waals surface area contributed by atoms with Crippen molar-refractivity contribution in [1.82, 2.24) is 20.9 Å². The van der Waals surface area contributed by atoms with Gasteiger partial charge >= 0.3 is 0 Å². The van der Waals surface area contributed by atoms with E-state index in [1.165, 1.54) is 0 Å². The summed E-state index contributed by atoms with van der Waals surface area (Å²) in [7, 11) is 0. The number of aryl methyl sites for hydroxylation is 3. The first-order valence-corrected chi connectivity index (χ1v) is 12.4. The third kappa shape index (κ3) is 6.10. The van der Waals surface area contributed by atoms with Crippen molar-refractivity contribution in [1.29, 1.82) is 0 Å². The molecule has 0 bridgehead atoms. The lowest BCUT2D eigenvalue weighted by atomic mass is 10.00. The van der Waals surface area contributed by atoms with Crippen LogP contribution in [0.2, 0.25) is 0 Å². The molecule has 0 radical (unpaired) electrons. The molecule has 2 heterocycles. The number of amides is 2. The molecule has 1 saturated heterocycles. The van der Waals surface area contributed by atoms with Gasteiger partial charge in [0.2, 0.25) is 17.7 Å². The number of aliphatic hydroxyl groups is 1. The van der Waals surface area contributed by atoms with Crippen LogP contribution in [0.15, 0.2) is 46.9 Å². The number of rotatable bonds is 9. The molecule has 2 aromatic carbocycles. The standard InChI is InChI=1S/C27H35N5O4/c1-15-11-21-23(12-16(15)2)36-27(32-21)24(33)20(10-9-18-7-5-4-6-8-18)31-26(35)22-13-19(14-29-22)30-25(34)17(3)28/h4-8,11-12,17,19-20,22,24,29,33H,9-10,13-14,28H2,1-3H3,(H,30,34)(H,31,35)/t17?,19-,20?,22-,24?/m0/s1. The Morgan fingerprint density at radius 2 is 1.94 bits per heavy atom. The molecule has 1 aromatic heterocycles. The zero-order chi connectivity index (χ0) is 25.8. The molecule has 0 saturated carbocycles. The summed E-state index contributed by atoms with van der Waals surface area (Å²) >= 11 is 0. The highest BCUT2D eigenvalue weighted by atomic mass is 16.4. The Morgan fingerprint density at radius 3 is 2.67 bits per heavy atom. The van der Waals surface area contributed by atoms with Gasteiger partial charge in [-0.2, -0.15) is 0 Å². The molecule has 0 aliphatic carbocycles. The minimum absolute atomic E-state index is 0.176. The predicted molar refractivity (Wildman–Crippen MR) is 137 cm³/mol. The van der Waals surface area contributed by atoms with Gasteiger partial charge in [0.25, 0.3) is 0 Å². The first kappa shape index (κ1) is 25.8. The molecule has 1 fully saturated rings. The number of aromatic nitrogens is 1. The minimum atomic E-state index is -1.12. The summed E-state index contributed by atoms with van der Waals surface area (Å²) in [5.74, 6) is -0.317. The van der Waals surface area contributed by atoms with Crippen LogP contribution in [-0.4, -0.2) is 52.6 Å². The average molecular weight is 494 g/mol.